The third-order valence-corrected chi connectivity index (χ3v) is 3.41. The number of thiazole rings is 1. The smallest absolute Gasteiger partial charge is 0.279 e. The number of benzene rings is 1. The van der Waals surface area contributed by atoms with Gasteiger partial charge in [0, 0.05) is 11.1 Å². The van der Waals surface area contributed by atoms with E-state index in [4.69, 9.17) is 11.6 Å². The number of carbonyl (C=O) groups is 1. The molecule has 18 heavy (non-hydrogen) atoms. The number of rotatable bonds is 2. The number of halogens is 1. The molecular weight excluding hydrogens is 274 g/mol. The molecule has 7 heteroatoms. The number of carbonyl (C=O) groups excluding carboxylic acids is 1. The molecule has 3 rings (SSSR count). The maximum absolute atomic E-state index is 11.7. The van der Waals surface area contributed by atoms with Crippen molar-refractivity contribution in [2.75, 3.05) is 5.32 Å². The summed E-state index contributed by atoms with van der Waals surface area (Å²) in [5, 5.41) is 7.34. The Morgan fingerprint density at radius 2 is 2.28 bits per heavy atom. The lowest BCUT2D eigenvalue weighted by Crippen LogP contribution is -2.11. The Hall–Kier alpha value is -1.92. The van der Waals surface area contributed by atoms with Crippen LogP contribution in [0.25, 0.3) is 10.2 Å². The summed E-state index contributed by atoms with van der Waals surface area (Å²) in [6.45, 7) is 0. The number of aromatic nitrogens is 2. The highest BCUT2D eigenvalue weighted by atomic mass is 35.5. The van der Waals surface area contributed by atoms with Crippen molar-refractivity contribution in [1.82, 2.24) is 10.1 Å². The van der Waals surface area contributed by atoms with Crippen LogP contribution < -0.4 is 5.32 Å². The summed E-state index contributed by atoms with van der Waals surface area (Å²) < 4.78 is 5.52. The summed E-state index contributed by atoms with van der Waals surface area (Å²) >= 11 is 7.24. The van der Waals surface area contributed by atoms with Gasteiger partial charge in [-0.05, 0) is 18.2 Å². The Kier molecular flexibility index (Phi) is 2.73. The molecule has 90 valence electrons. The largest absolute Gasteiger partial charge is 0.364 e. The van der Waals surface area contributed by atoms with Crippen molar-refractivity contribution in [3.63, 3.8) is 0 Å². The summed E-state index contributed by atoms with van der Waals surface area (Å²) in [5.74, 6) is -0.353. The number of nitrogens with one attached hydrogen (secondary N) is 1. The Balaban J connectivity index is 1.89. The minimum Gasteiger partial charge on any atom is -0.364 e. The van der Waals surface area contributed by atoms with Gasteiger partial charge >= 0.3 is 0 Å². The van der Waals surface area contributed by atoms with E-state index in [0.717, 1.165) is 10.2 Å². The Bertz CT molecular complexity index is 708. The van der Waals surface area contributed by atoms with Crippen molar-refractivity contribution >= 4 is 44.2 Å². The molecule has 2 heterocycles. The number of hydrogen-bond donors (Lipinski definition) is 1. The van der Waals surface area contributed by atoms with Gasteiger partial charge in [0.2, 0.25) is 0 Å². The molecule has 0 radical (unpaired) electrons. The fraction of sp³-hybridized carbons (Fsp3) is 0. The Morgan fingerprint density at radius 3 is 3.06 bits per heavy atom. The zero-order chi connectivity index (χ0) is 12.5. The van der Waals surface area contributed by atoms with Crippen molar-refractivity contribution in [3.8, 4) is 0 Å². The first kappa shape index (κ1) is 11.2. The lowest BCUT2D eigenvalue weighted by molar-refractivity contribution is 0.101. The highest BCUT2D eigenvalue weighted by Gasteiger charge is 2.12. The molecule has 0 unspecified atom stereocenters. The van der Waals surface area contributed by atoms with Crippen molar-refractivity contribution in [2.45, 2.75) is 0 Å². The van der Waals surface area contributed by atoms with Crippen LogP contribution in [0.5, 0.6) is 0 Å². The van der Waals surface area contributed by atoms with Crippen molar-refractivity contribution in [2.24, 2.45) is 0 Å². The van der Waals surface area contributed by atoms with Crippen LogP contribution in [-0.4, -0.2) is 16.0 Å². The topological polar surface area (TPSA) is 68.0 Å². The van der Waals surface area contributed by atoms with E-state index < -0.39 is 0 Å². The second-order valence-electron chi connectivity index (χ2n) is 3.47. The molecule has 0 aliphatic heterocycles. The molecule has 1 amide bonds. The van der Waals surface area contributed by atoms with E-state index in [1.807, 2.05) is 0 Å². The van der Waals surface area contributed by atoms with E-state index >= 15 is 0 Å². The molecule has 5 nitrogen and oxygen atoms in total. The molecule has 0 aliphatic carbocycles. The molecule has 0 atom stereocenters. The van der Waals surface area contributed by atoms with Gasteiger partial charge in [-0.1, -0.05) is 28.1 Å². The van der Waals surface area contributed by atoms with Crippen LogP contribution in [0.2, 0.25) is 5.02 Å². The lowest BCUT2D eigenvalue weighted by Gasteiger charge is -1.95. The molecule has 3 aromatic rings. The number of amides is 1. The normalized spacial score (nSPS) is 10.7. The van der Waals surface area contributed by atoms with Crippen LogP contribution in [-0.2, 0) is 0 Å². The minimum atomic E-state index is -0.353. The molecule has 0 aliphatic rings. The Morgan fingerprint density at radius 1 is 1.39 bits per heavy atom. The third kappa shape index (κ3) is 2.07. The van der Waals surface area contributed by atoms with Crippen molar-refractivity contribution in [1.29, 1.82) is 0 Å². The summed E-state index contributed by atoms with van der Waals surface area (Å²) in [7, 11) is 0. The number of fused-ring (bicyclic) bond motifs is 1. The first-order valence-electron chi connectivity index (χ1n) is 5.00. The van der Waals surface area contributed by atoms with Crippen molar-refractivity contribution in [3.05, 3.63) is 41.2 Å². The first-order valence-corrected chi connectivity index (χ1v) is 6.19. The Labute approximate surface area is 110 Å². The zero-order valence-corrected chi connectivity index (χ0v) is 10.5. The van der Waals surface area contributed by atoms with E-state index in [-0.39, 0.29) is 11.6 Å². The van der Waals surface area contributed by atoms with E-state index in [2.05, 4.69) is 20.0 Å². The van der Waals surface area contributed by atoms with Crippen LogP contribution in [0.1, 0.15) is 10.5 Å². The standard InChI is InChI=1S/C11H6ClN3O2S/c12-6-1-2-7-9(5-6)18-11(13-7)14-10(16)8-3-4-17-15-8/h1-5H,(H,13,14,16). The van der Waals surface area contributed by atoms with E-state index in [1.165, 1.54) is 23.7 Å². The monoisotopic (exact) mass is 279 g/mol. The highest BCUT2D eigenvalue weighted by Crippen LogP contribution is 2.28. The van der Waals surface area contributed by atoms with Gasteiger partial charge < -0.3 is 4.52 Å². The second-order valence-corrected chi connectivity index (χ2v) is 4.94. The second kappa shape index (κ2) is 4.40. The quantitative estimate of drug-likeness (QED) is 0.782. The SMILES string of the molecule is O=C(Nc1nc2ccc(Cl)cc2s1)c1ccon1. The fourth-order valence-electron chi connectivity index (χ4n) is 1.44. The predicted octanol–water partition coefficient (Wildman–Crippen LogP) is 3.19. The van der Waals surface area contributed by atoms with Crippen LogP contribution in [0.4, 0.5) is 5.13 Å². The molecule has 2 aromatic heterocycles. The van der Waals surface area contributed by atoms with Crippen LogP contribution in [0.15, 0.2) is 35.1 Å². The molecule has 0 spiro atoms. The molecule has 0 saturated heterocycles. The summed E-state index contributed by atoms with van der Waals surface area (Å²) in [6.07, 6.45) is 1.34. The molecule has 1 N–H and O–H groups in total. The van der Waals surface area contributed by atoms with Gasteiger partial charge in [0.15, 0.2) is 10.8 Å². The van der Waals surface area contributed by atoms with Gasteiger partial charge in [-0.25, -0.2) is 4.98 Å². The van der Waals surface area contributed by atoms with Gasteiger partial charge in [0.05, 0.1) is 10.2 Å². The summed E-state index contributed by atoms with van der Waals surface area (Å²) in [6, 6.07) is 6.85. The molecule has 1 aromatic carbocycles. The molecule has 0 bridgehead atoms. The highest BCUT2D eigenvalue weighted by molar-refractivity contribution is 7.22. The third-order valence-electron chi connectivity index (χ3n) is 2.24. The van der Waals surface area contributed by atoms with Crippen LogP contribution in [0, 0.1) is 0 Å². The van der Waals surface area contributed by atoms with Gasteiger partial charge in [0.25, 0.3) is 5.91 Å². The first-order chi connectivity index (χ1) is 8.72. The van der Waals surface area contributed by atoms with Crippen LogP contribution >= 0.6 is 22.9 Å². The molecule has 0 fully saturated rings. The minimum absolute atomic E-state index is 0.215. The zero-order valence-electron chi connectivity index (χ0n) is 8.88. The molecular formula is C11H6ClN3O2S. The predicted molar refractivity (Wildman–Crippen MR) is 69.1 cm³/mol. The van der Waals surface area contributed by atoms with Gasteiger partial charge in [-0.3, -0.25) is 10.1 Å². The van der Waals surface area contributed by atoms with E-state index in [9.17, 15) is 4.79 Å². The lowest BCUT2D eigenvalue weighted by atomic mass is 10.3. The number of hydrogen-bond acceptors (Lipinski definition) is 5. The van der Waals surface area contributed by atoms with E-state index in [0.29, 0.717) is 10.2 Å². The summed E-state index contributed by atoms with van der Waals surface area (Å²) in [4.78, 5) is 16.0. The van der Waals surface area contributed by atoms with Crippen molar-refractivity contribution < 1.29 is 9.32 Å². The van der Waals surface area contributed by atoms with E-state index in [1.54, 1.807) is 18.2 Å². The number of nitrogens with zero attached hydrogens (tertiary/aromatic N) is 2. The number of anilines is 1. The van der Waals surface area contributed by atoms with Gasteiger partial charge in [-0.15, -0.1) is 0 Å². The van der Waals surface area contributed by atoms with Crippen LogP contribution in [0.3, 0.4) is 0 Å². The molecule has 0 saturated carbocycles. The maximum atomic E-state index is 11.7. The summed E-state index contributed by atoms with van der Waals surface area (Å²) in [5.41, 5.74) is 1.01. The average molecular weight is 280 g/mol. The van der Waals surface area contributed by atoms with Gasteiger partial charge in [0.1, 0.15) is 6.26 Å². The maximum Gasteiger partial charge on any atom is 0.279 e. The van der Waals surface area contributed by atoms with Gasteiger partial charge in [-0.2, -0.15) is 0 Å². The fourth-order valence-corrected chi connectivity index (χ4v) is 2.58. The average Bonchev–Trinajstić information content (AvgIpc) is 2.95.